The molecule has 0 aromatic carbocycles. The highest BCUT2D eigenvalue weighted by atomic mass is 16.5. The van der Waals surface area contributed by atoms with Gasteiger partial charge >= 0.3 is 0 Å². The average molecular weight is 319 g/mol. The molecule has 4 aliphatic rings. The second kappa shape index (κ2) is 5.59. The third-order valence-corrected chi connectivity index (χ3v) is 8.59. The third-order valence-electron chi connectivity index (χ3n) is 8.59. The van der Waals surface area contributed by atoms with Gasteiger partial charge < -0.3 is 9.47 Å². The minimum atomic E-state index is 0.432. The predicted octanol–water partition coefficient (Wildman–Crippen LogP) is 4.98. The van der Waals surface area contributed by atoms with Crippen molar-refractivity contribution in [1.82, 2.24) is 0 Å². The molecule has 0 radical (unpaired) electrons. The zero-order valence-corrected chi connectivity index (χ0v) is 15.4. The van der Waals surface area contributed by atoms with E-state index in [0.717, 1.165) is 17.8 Å². The molecule has 130 valence electrons. The van der Waals surface area contributed by atoms with Gasteiger partial charge in [-0.2, -0.15) is 0 Å². The van der Waals surface area contributed by atoms with E-state index < -0.39 is 0 Å². The van der Waals surface area contributed by atoms with Crippen LogP contribution < -0.4 is 0 Å². The molecule has 0 amide bonds. The first-order valence-corrected chi connectivity index (χ1v) is 9.78. The molecule has 0 unspecified atom stereocenters. The monoisotopic (exact) mass is 318 g/mol. The first kappa shape index (κ1) is 16.1. The van der Waals surface area contributed by atoms with E-state index in [9.17, 15) is 0 Å². The Hall–Kier alpha value is -0.340. The summed E-state index contributed by atoms with van der Waals surface area (Å²) >= 11 is 0. The second-order valence-corrected chi connectivity index (χ2v) is 9.21. The van der Waals surface area contributed by atoms with Gasteiger partial charge in [0.2, 0.25) is 0 Å². The summed E-state index contributed by atoms with van der Waals surface area (Å²) in [5.41, 5.74) is 2.60. The summed E-state index contributed by atoms with van der Waals surface area (Å²) in [6.07, 6.45) is 14.1. The summed E-state index contributed by atoms with van der Waals surface area (Å²) in [6, 6.07) is 0. The smallest absolute Gasteiger partial charge is 0.0627 e. The Balaban J connectivity index is 1.63. The van der Waals surface area contributed by atoms with E-state index in [1.807, 2.05) is 14.2 Å². The van der Waals surface area contributed by atoms with Crippen LogP contribution in [0.15, 0.2) is 11.6 Å². The first-order chi connectivity index (χ1) is 11.0. The van der Waals surface area contributed by atoms with Gasteiger partial charge in [-0.1, -0.05) is 25.5 Å². The lowest BCUT2D eigenvalue weighted by Gasteiger charge is -2.58. The van der Waals surface area contributed by atoms with E-state index in [-0.39, 0.29) is 0 Å². The van der Waals surface area contributed by atoms with E-state index in [1.54, 1.807) is 5.57 Å². The summed E-state index contributed by atoms with van der Waals surface area (Å²) < 4.78 is 11.6. The molecule has 3 fully saturated rings. The number of allylic oxidation sites excluding steroid dienone is 1. The molecule has 0 saturated heterocycles. The second-order valence-electron chi connectivity index (χ2n) is 9.21. The molecule has 0 aromatic rings. The molecule has 23 heavy (non-hydrogen) atoms. The lowest BCUT2D eigenvalue weighted by atomic mass is 9.48. The Morgan fingerprint density at radius 1 is 0.957 bits per heavy atom. The van der Waals surface area contributed by atoms with E-state index in [4.69, 9.17) is 9.47 Å². The Bertz CT molecular complexity index is 498. The van der Waals surface area contributed by atoms with Crippen LogP contribution >= 0.6 is 0 Å². The minimum absolute atomic E-state index is 0.432. The molecule has 4 aliphatic carbocycles. The van der Waals surface area contributed by atoms with Gasteiger partial charge in [-0.15, -0.1) is 0 Å². The Morgan fingerprint density at radius 3 is 2.52 bits per heavy atom. The number of hydrogen-bond acceptors (Lipinski definition) is 2. The maximum absolute atomic E-state index is 5.89. The molecule has 7 atom stereocenters. The van der Waals surface area contributed by atoms with E-state index in [2.05, 4.69) is 19.9 Å². The molecule has 0 spiro atoms. The molecule has 0 N–H and O–H groups in total. The van der Waals surface area contributed by atoms with Crippen LogP contribution in [0.4, 0.5) is 0 Å². The van der Waals surface area contributed by atoms with Crippen molar-refractivity contribution in [3.63, 3.8) is 0 Å². The summed E-state index contributed by atoms with van der Waals surface area (Å²) in [4.78, 5) is 0. The molecular formula is C21H34O2. The van der Waals surface area contributed by atoms with Crippen LogP contribution in [-0.4, -0.2) is 26.4 Å². The van der Waals surface area contributed by atoms with Gasteiger partial charge in [0.1, 0.15) is 0 Å². The number of fused-ring (bicyclic) bond motifs is 5. The number of rotatable bonds is 2. The lowest BCUT2D eigenvalue weighted by molar-refractivity contribution is -0.0834. The van der Waals surface area contributed by atoms with Gasteiger partial charge in [0, 0.05) is 14.2 Å². The SMILES string of the molecule is CO[C@H]1CC[C@@]2(C)C(=CC[C@H]3[C@@H]4CC[C@H](OC)[C@@]4(C)CC[C@@H]32)C1. The number of hydrogen-bond donors (Lipinski definition) is 0. The molecule has 3 saturated carbocycles. The highest BCUT2D eigenvalue weighted by Gasteiger charge is 2.58. The van der Waals surface area contributed by atoms with Crippen molar-refractivity contribution in [3.05, 3.63) is 11.6 Å². The maximum Gasteiger partial charge on any atom is 0.0627 e. The molecule has 2 nitrogen and oxygen atoms in total. The minimum Gasteiger partial charge on any atom is -0.381 e. The summed E-state index contributed by atoms with van der Waals surface area (Å²) in [5.74, 6) is 2.66. The Morgan fingerprint density at radius 2 is 1.78 bits per heavy atom. The lowest BCUT2D eigenvalue weighted by Crippen LogP contribution is -2.51. The Labute approximate surface area is 142 Å². The Kier molecular flexibility index (Phi) is 3.93. The van der Waals surface area contributed by atoms with Gasteiger partial charge in [-0.3, -0.25) is 0 Å². The van der Waals surface area contributed by atoms with Crippen LogP contribution in [0, 0.1) is 28.6 Å². The van der Waals surface area contributed by atoms with Gasteiger partial charge in [-0.25, -0.2) is 0 Å². The standard InChI is InChI=1S/C21H34O2/c1-20-11-9-15(22-3)13-14(20)5-6-16-17-7-8-19(23-4)21(17,2)12-10-18(16)20/h5,15-19H,6-13H2,1-4H3/t15-,16-,17-,18-,19-,20-,21-/m0/s1. The molecule has 0 bridgehead atoms. The van der Waals surface area contributed by atoms with Crippen molar-refractivity contribution in [2.75, 3.05) is 14.2 Å². The molecule has 0 aromatic heterocycles. The van der Waals surface area contributed by atoms with Crippen molar-refractivity contribution in [3.8, 4) is 0 Å². The van der Waals surface area contributed by atoms with Crippen molar-refractivity contribution in [2.45, 2.75) is 77.4 Å². The van der Waals surface area contributed by atoms with Gasteiger partial charge in [0.15, 0.2) is 0 Å². The van der Waals surface area contributed by atoms with Crippen molar-refractivity contribution in [2.24, 2.45) is 28.6 Å². The summed E-state index contributed by atoms with van der Waals surface area (Å²) in [7, 11) is 3.81. The van der Waals surface area contributed by atoms with Crippen LogP contribution in [0.25, 0.3) is 0 Å². The van der Waals surface area contributed by atoms with Gasteiger partial charge in [0.25, 0.3) is 0 Å². The number of methoxy groups -OCH3 is 2. The molecule has 4 rings (SSSR count). The third kappa shape index (κ3) is 2.20. The van der Waals surface area contributed by atoms with Crippen molar-refractivity contribution in [1.29, 1.82) is 0 Å². The highest BCUT2D eigenvalue weighted by molar-refractivity contribution is 5.25. The summed E-state index contributed by atoms with van der Waals surface area (Å²) in [5, 5.41) is 0. The fourth-order valence-electron chi connectivity index (χ4n) is 7.17. The fraction of sp³-hybridized carbons (Fsp3) is 0.905. The molecule has 0 aliphatic heterocycles. The van der Waals surface area contributed by atoms with Crippen LogP contribution in [0.3, 0.4) is 0 Å². The van der Waals surface area contributed by atoms with Gasteiger partial charge in [0.05, 0.1) is 12.2 Å². The molecule has 0 heterocycles. The quantitative estimate of drug-likeness (QED) is 0.669. The largest absolute Gasteiger partial charge is 0.381 e. The van der Waals surface area contributed by atoms with Crippen LogP contribution in [0.1, 0.15) is 65.2 Å². The van der Waals surface area contributed by atoms with Crippen molar-refractivity contribution < 1.29 is 9.47 Å². The average Bonchev–Trinajstić information content (AvgIpc) is 2.90. The zero-order valence-electron chi connectivity index (χ0n) is 15.4. The maximum atomic E-state index is 5.89. The van der Waals surface area contributed by atoms with Crippen LogP contribution in [0.2, 0.25) is 0 Å². The topological polar surface area (TPSA) is 18.5 Å². The zero-order chi connectivity index (χ0) is 16.2. The highest BCUT2D eigenvalue weighted by Crippen LogP contribution is 2.65. The molecule has 2 heteroatoms. The van der Waals surface area contributed by atoms with E-state index in [0.29, 0.717) is 23.0 Å². The van der Waals surface area contributed by atoms with Crippen LogP contribution in [0.5, 0.6) is 0 Å². The fourth-order valence-corrected chi connectivity index (χ4v) is 7.17. The van der Waals surface area contributed by atoms with Crippen molar-refractivity contribution >= 4 is 0 Å². The van der Waals surface area contributed by atoms with E-state index >= 15 is 0 Å². The number of ether oxygens (including phenoxy) is 2. The van der Waals surface area contributed by atoms with Crippen LogP contribution in [-0.2, 0) is 9.47 Å². The van der Waals surface area contributed by atoms with E-state index in [1.165, 1.54) is 51.4 Å². The van der Waals surface area contributed by atoms with Gasteiger partial charge in [-0.05, 0) is 80.0 Å². The normalized spacial score (nSPS) is 52.3. The first-order valence-electron chi connectivity index (χ1n) is 9.78. The predicted molar refractivity (Wildman–Crippen MR) is 93.3 cm³/mol. The summed E-state index contributed by atoms with van der Waals surface area (Å²) in [6.45, 7) is 5.10. The molecular weight excluding hydrogens is 284 g/mol.